The summed E-state index contributed by atoms with van der Waals surface area (Å²) in [5, 5.41) is 4.06. The van der Waals surface area contributed by atoms with E-state index in [1.54, 1.807) is 4.90 Å². The van der Waals surface area contributed by atoms with Gasteiger partial charge in [0.15, 0.2) is 0 Å². The van der Waals surface area contributed by atoms with Crippen LogP contribution in [0.1, 0.15) is 40.5 Å². The Morgan fingerprint density at radius 3 is 2.79 bits per heavy atom. The van der Waals surface area contributed by atoms with Crippen LogP contribution >= 0.6 is 0 Å². The van der Waals surface area contributed by atoms with E-state index in [0.29, 0.717) is 25.3 Å². The SMILES string of the molecule is CCc1onc(C)c1-c1cccc(C2CN(C(=O)c3ccc(F)cc3)CCO2)n1. The van der Waals surface area contributed by atoms with Crippen LogP contribution in [0.25, 0.3) is 11.3 Å². The summed E-state index contributed by atoms with van der Waals surface area (Å²) >= 11 is 0. The monoisotopic (exact) mass is 395 g/mol. The van der Waals surface area contributed by atoms with Crippen molar-refractivity contribution in [1.82, 2.24) is 15.0 Å². The highest BCUT2D eigenvalue weighted by molar-refractivity contribution is 5.94. The van der Waals surface area contributed by atoms with Gasteiger partial charge in [-0.1, -0.05) is 18.1 Å². The van der Waals surface area contributed by atoms with Crippen LogP contribution in [-0.4, -0.2) is 40.6 Å². The Kier molecular flexibility index (Phi) is 5.40. The van der Waals surface area contributed by atoms with Gasteiger partial charge in [-0.25, -0.2) is 9.37 Å². The summed E-state index contributed by atoms with van der Waals surface area (Å²) in [6.07, 6.45) is 0.389. The number of halogens is 1. The first kappa shape index (κ1) is 19.3. The quantitative estimate of drug-likeness (QED) is 0.669. The van der Waals surface area contributed by atoms with Crippen molar-refractivity contribution in [3.63, 3.8) is 0 Å². The summed E-state index contributed by atoms with van der Waals surface area (Å²) in [5.41, 5.74) is 3.69. The molecule has 29 heavy (non-hydrogen) atoms. The molecule has 1 aliphatic rings. The van der Waals surface area contributed by atoms with E-state index in [1.807, 2.05) is 32.0 Å². The molecule has 0 aliphatic carbocycles. The molecule has 150 valence electrons. The van der Waals surface area contributed by atoms with Crippen LogP contribution in [-0.2, 0) is 11.2 Å². The van der Waals surface area contributed by atoms with Crippen molar-refractivity contribution in [2.45, 2.75) is 26.4 Å². The van der Waals surface area contributed by atoms with Crippen molar-refractivity contribution in [2.75, 3.05) is 19.7 Å². The zero-order valence-corrected chi connectivity index (χ0v) is 16.4. The highest BCUT2D eigenvalue weighted by atomic mass is 19.1. The van der Waals surface area contributed by atoms with Crippen molar-refractivity contribution in [1.29, 1.82) is 0 Å². The van der Waals surface area contributed by atoms with E-state index in [1.165, 1.54) is 24.3 Å². The molecule has 7 heteroatoms. The lowest BCUT2D eigenvalue weighted by molar-refractivity contribution is -0.0246. The molecule has 2 aromatic heterocycles. The fourth-order valence-corrected chi connectivity index (χ4v) is 3.54. The first-order chi connectivity index (χ1) is 14.1. The van der Waals surface area contributed by atoms with Gasteiger partial charge in [0.2, 0.25) is 0 Å². The number of ether oxygens (including phenoxy) is 1. The van der Waals surface area contributed by atoms with Crippen molar-refractivity contribution < 1.29 is 18.4 Å². The zero-order chi connectivity index (χ0) is 20.4. The maximum atomic E-state index is 13.1. The van der Waals surface area contributed by atoms with Crippen LogP contribution in [0.15, 0.2) is 47.0 Å². The lowest BCUT2D eigenvalue weighted by Crippen LogP contribution is -2.42. The molecule has 1 fully saturated rings. The molecule has 0 radical (unpaired) electrons. The number of aromatic nitrogens is 2. The van der Waals surface area contributed by atoms with Gasteiger partial charge in [0.1, 0.15) is 17.7 Å². The number of pyridine rings is 1. The fourth-order valence-electron chi connectivity index (χ4n) is 3.54. The minimum Gasteiger partial charge on any atom is -0.368 e. The van der Waals surface area contributed by atoms with E-state index in [-0.39, 0.29) is 17.8 Å². The van der Waals surface area contributed by atoms with Crippen LogP contribution in [0.5, 0.6) is 0 Å². The van der Waals surface area contributed by atoms with E-state index < -0.39 is 0 Å². The molecule has 0 bridgehead atoms. The second-order valence-corrected chi connectivity index (χ2v) is 6.98. The highest BCUT2D eigenvalue weighted by Crippen LogP contribution is 2.29. The number of nitrogens with zero attached hydrogens (tertiary/aromatic N) is 3. The number of aryl methyl sites for hydroxylation is 2. The number of carbonyl (C=O) groups is 1. The Morgan fingerprint density at radius 1 is 1.24 bits per heavy atom. The van der Waals surface area contributed by atoms with Gasteiger partial charge in [0.25, 0.3) is 5.91 Å². The zero-order valence-electron chi connectivity index (χ0n) is 16.4. The third-order valence-electron chi connectivity index (χ3n) is 5.06. The molecule has 0 saturated carbocycles. The Balaban J connectivity index is 1.56. The summed E-state index contributed by atoms with van der Waals surface area (Å²) < 4.78 is 24.4. The summed E-state index contributed by atoms with van der Waals surface area (Å²) in [4.78, 5) is 19.3. The molecule has 3 aromatic rings. The highest BCUT2D eigenvalue weighted by Gasteiger charge is 2.27. The van der Waals surface area contributed by atoms with Crippen LogP contribution in [0.2, 0.25) is 0 Å². The van der Waals surface area contributed by atoms with E-state index in [4.69, 9.17) is 14.2 Å². The normalized spacial score (nSPS) is 16.8. The molecule has 0 N–H and O–H groups in total. The van der Waals surface area contributed by atoms with E-state index >= 15 is 0 Å². The predicted molar refractivity (Wildman–Crippen MR) is 105 cm³/mol. The predicted octanol–water partition coefficient (Wildman–Crippen LogP) is 3.96. The number of morpholine rings is 1. The molecule has 1 unspecified atom stereocenters. The van der Waals surface area contributed by atoms with Gasteiger partial charge in [0, 0.05) is 18.5 Å². The Morgan fingerprint density at radius 2 is 2.03 bits per heavy atom. The molecule has 3 heterocycles. The van der Waals surface area contributed by atoms with Crippen LogP contribution < -0.4 is 0 Å². The number of rotatable bonds is 4. The first-order valence-corrected chi connectivity index (χ1v) is 9.65. The molecule has 1 aliphatic heterocycles. The van der Waals surface area contributed by atoms with E-state index in [9.17, 15) is 9.18 Å². The summed E-state index contributed by atoms with van der Waals surface area (Å²) in [6, 6.07) is 11.3. The van der Waals surface area contributed by atoms with Gasteiger partial charge < -0.3 is 14.2 Å². The summed E-state index contributed by atoms with van der Waals surface area (Å²) in [7, 11) is 0. The Bertz CT molecular complexity index is 1020. The van der Waals surface area contributed by atoms with E-state index in [2.05, 4.69) is 5.16 Å². The van der Waals surface area contributed by atoms with Gasteiger partial charge in [0.05, 0.1) is 35.8 Å². The molecule has 1 aromatic carbocycles. The number of amides is 1. The molecular formula is C22H22FN3O3. The summed E-state index contributed by atoms with van der Waals surface area (Å²) in [6.45, 7) is 5.19. The van der Waals surface area contributed by atoms with Gasteiger partial charge in [-0.2, -0.15) is 0 Å². The molecule has 1 atom stereocenters. The average molecular weight is 395 g/mol. The third kappa shape index (κ3) is 3.91. The number of carbonyl (C=O) groups excluding carboxylic acids is 1. The van der Waals surface area contributed by atoms with Gasteiger partial charge in [-0.3, -0.25) is 4.79 Å². The lowest BCUT2D eigenvalue weighted by Gasteiger charge is -2.33. The van der Waals surface area contributed by atoms with Gasteiger partial charge in [-0.15, -0.1) is 0 Å². The molecule has 4 rings (SSSR count). The maximum absolute atomic E-state index is 13.1. The van der Waals surface area contributed by atoms with E-state index in [0.717, 1.165) is 34.8 Å². The van der Waals surface area contributed by atoms with Crippen molar-refractivity contribution >= 4 is 5.91 Å². The molecule has 6 nitrogen and oxygen atoms in total. The maximum Gasteiger partial charge on any atom is 0.254 e. The minimum atomic E-state index is -0.363. The molecular weight excluding hydrogens is 373 g/mol. The topological polar surface area (TPSA) is 68.5 Å². The number of benzene rings is 1. The smallest absolute Gasteiger partial charge is 0.254 e. The molecule has 1 amide bonds. The standard InChI is InChI=1S/C22H22FN3O3/c1-3-19-21(14(2)25-29-19)18-6-4-5-17(24-18)20-13-26(11-12-28-20)22(27)15-7-9-16(23)10-8-15/h4-10,20H,3,11-13H2,1-2H3. The second kappa shape index (κ2) is 8.13. The molecule has 1 saturated heterocycles. The van der Waals surface area contributed by atoms with Crippen molar-refractivity contribution in [3.8, 4) is 11.3 Å². The van der Waals surface area contributed by atoms with Crippen LogP contribution in [0.3, 0.4) is 0 Å². The average Bonchev–Trinajstić information content (AvgIpc) is 3.14. The Labute approximate surface area is 168 Å². The number of hydrogen-bond donors (Lipinski definition) is 0. The van der Waals surface area contributed by atoms with Crippen molar-refractivity contribution in [2.24, 2.45) is 0 Å². The Hall–Kier alpha value is -3.06. The number of hydrogen-bond acceptors (Lipinski definition) is 5. The van der Waals surface area contributed by atoms with Crippen LogP contribution in [0, 0.1) is 12.7 Å². The van der Waals surface area contributed by atoms with Crippen LogP contribution in [0.4, 0.5) is 4.39 Å². The van der Waals surface area contributed by atoms with Gasteiger partial charge in [-0.05, 0) is 43.3 Å². The first-order valence-electron chi connectivity index (χ1n) is 9.65. The molecule has 0 spiro atoms. The minimum absolute atomic E-state index is 0.141. The second-order valence-electron chi connectivity index (χ2n) is 6.98. The third-order valence-corrected chi connectivity index (χ3v) is 5.06. The van der Waals surface area contributed by atoms with Gasteiger partial charge >= 0.3 is 0 Å². The largest absolute Gasteiger partial charge is 0.368 e. The fraction of sp³-hybridized carbons (Fsp3) is 0.318. The van der Waals surface area contributed by atoms with Crippen molar-refractivity contribution in [3.05, 3.63) is 71.0 Å². The summed E-state index contributed by atoms with van der Waals surface area (Å²) in [5.74, 6) is 0.292. The lowest BCUT2D eigenvalue weighted by atomic mass is 10.1.